The zero-order valence-electron chi connectivity index (χ0n) is 14.8. The summed E-state index contributed by atoms with van der Waals surface area (Å²) < 4.78 is 0. The minimum Gasteiger partial charge on any atom is -0.378 e. The number of anilines is 1. The molecule has 1 aromatic heterocycles. The summed E-state index contributed by atoms with van der Waals surface area (Å²) in [7, 11) is 4.06. The molecule has 4 nitrogen and oxygen atoms in total. The lowest BCUT2D eigenvalue weighted by Gasteiger charge is -2.22. The van der Waals surface area contributed by atoms with Crippen LogP contribution in [0.3, 0.4) is 0 Å². The van der Waals surface area contributed by atoms with Gasteiger partial charge in [-0.15, -0.1) is 0 Å². The molecule has 4 heteroatoms. The summed E-state index contributed by atoms with van der Waals surface area (Å²) in [4.78, 5) is 13.1. The highest BCUT2D eigenvalue weighted by molar-refractivity contribution is 5.58. The van der Waals surface area contributed by atoms with Gasteiger partial charge in [-0.25, -0.2) is 0 Å². The summed E-state index contributed by atoms with van der Waals surface area (Å²) in [6, 6.07) is 4.10. The summed E-state index contributed by atoms with van der Waals surface area (Å²) in [5.74, 6) is 0. The fourth-order valence-corrected chi connectivity index (χ4v) is 2.04. The van der Waals surface area contributed by atoms with Crippen LogP contribution in [0.4, 0.5) is 5.69 Å². The van der Waals surface area contributed by atoms with Gasteiger partial charge < -0.3 is 9.80 Å². The van der Waals surface area contributed by atoms with Crippen LogP contribution in [-0.2, 0) is 6.54 Å². The Balaban J connectivity index is 2.96. The fraction of sp³-hybridized carbons (Fsp3) is 0.368. The smallest absolute Gasteiger partial charge is 0.0617 e. The third-order valence-corrected chi connectivity index (χ3v) is 3.22. The van der Waals surface area contributed by atoms with Gasteiger partial charge in [0.2, 0.25) is 0 Å². The average molecular weight is 312 g/mol. The van der Waals surface area contributed by atoms with Gasteiger partial charge in [-0.3, -0.25) is 9.98 Å². The van der Waals surface area contributed by atoms with Gasteiger partial charge in [0.25, 0.3) is 0 Å². The van der Waals surface area contributed by atoms with E-state index in [9.17, 15) is 0 Å². The predicted octanol–water partition coefficient (Wildman–Crippen LogP) is 4.03. The second-order valence-corrected chi connectivity index (χ2v) is 5.66. The summed E-state index contributed by atoms with van der Waals surface area (Å²) in [6.07, 6.45) is 8.52. The Morgan fingerprint density at radius 2 is 2.13 bits per heavy atom. The van der Waals surface area contributed by atoms with Crippen molar-refractivity contribution in [2.75, 3.05) is 25.5 Å². The van der Waals surface area contributed by atoms with Crippen LogP contribution in [0, 0.1) is 0 Å². The van der Waals surface area contributed by atoms with Crippen molar-refractivity contribution in [3.8, 4) is 0 Å². The van der Waals surface area contributed by atoms with Crippen LogP contribution in [0.5, 0.6) is 0 Å². The van der Waals surface area contributed by atoms with Gasteiger partial charge in [0, 0.05) is 44.9 Å². The molecule has 0 N–H and O–H groups in total. The van der Waals surface area contributed by atoms with Crippen molar-refractivity contribution in [3.63, 3.8) is 0 Å². The summed E-state index contributed by atoms with van der Waals surface area (Å²) in [5.41, 5.74) is 4.09. The van der Waals surface area contributed by atoms with Crippen LogP contribution in [-0.4, -0.2) is 36.7 Å². The number of nitrogens with zero attached hydrogens (tertiary/aromatic N) is 4. The molecule has 0 aliphatic rings. The van der Waals surface area contributed by atoms with Crippen molar-refractivity contribution in [2.24, 2.45) is 4.99 Å². The highest BCUT2D eigenvalue weighted by Gasteiger charge is 2.06. The number of allylic oxidation sites excluding steroid dienone is 1. The van der Waals surface area contributed by atoms with Crippen molar-refractivity contribution < 1.29 is 0 Å². The van der Waals surface area contributed by atoms with Crippen molar-refractivity contribution in [2.45, 2.75) is 26.8 Å². The Labute approximate surface area is 140 Å². The van der Waals surface area contributed by atoms with Crippen LogP contribution < -0.4 is 4.90 Å². The molecule has 0 amide bonds. The van der Waals surface area contributed by atoms with E-state index in [1.54, 1.807) is 6.08 Å². The zero-order chi connectivity index (χ0) is 17.2. The van der Waals surface area contributed by atoms with Crippen LogP contribution in [0.15, 0.2) is 60.0 Å². The van der Waals surface area contributed by atoms with Gasteiger partial charge in [0.15, 0.2) is 0 Å². The van der Waals surface area contributed by atoms with Crippen molar-refractivity contribution >= 4 is 11.9 Å². The minimum absolute atomic E-state index is 0.702. The molecule has 0 spiro atoms. The van der Waals surface area contributed by atoms with E-state index in [0.29, 0.717) is 13.1 Å². The van der Waals surface area contributed by atoms with Crippen molar-refractivity contribution in [3.05, 3.63) is 60.7 Å². The first-order valence-corrected chi connectivity index (χ1v) is 7.83. The number of rotatable bonds is 9. The van der Waals surface area contributed by atoms with Gasteiger partial charge in [-0.05, 0) is 31.1 Å². The maximum Gasteiger partial charge on any atom is 0.0617 e. The van der Waals surface area contributed by atoms with Gasteiger partial charge in [-0.1, -0.05) is 26.2 Å². The standard InChI is InChI=1S/C19H28N4/c1-7-10-20-17(4)14-23(13-16(3)8-2)15-18-12-19(22(5)6)9-11-21-18/h8-12,14H,2-3,7,13,15H2,1,4-6H3/b17-14-,20-10?. The number of hydrogen-bond acceptors (Lipinski definition) is 4. The normalized spacial score (nSPS) is 11.6. The lowest BCUT2D eigenvalue weighted by atomic mass is 10.2. The van der Waals surface area contributed by atoms with Gasteiger partial charge >= 0.3 is 0 Å². The molecule has 1 aromatic rings. The molecule has 1 rings (SSSR count). The van der Waals surface area contributed by atoms with E-state index in [4.69, 9.17) is 0 Å². The molecule has 0 atom stereocenters. The van der Waals surface area contributed by atoms with E-state index in [1.165, 1.54) is 0 Å². The first-order valence-electron chi connectivity index (χ1n) is 7.83. The lowest BCUT2D eigenvalue weighted by Crippen LogP contribution is -2.20. The maximum atomic E-state index is 4.47. The second-order valence-electron chi connectivity index (χ2n) is 5.66. The molecule has 0 unspecified atom stereocenters. The third-order valence-electron chi connectivity index (χ3n) is 3.22. The van der Waals surface area contributed by atoms with Crippen LogP contribution >= 0.6 is 0 Å². The molecule has 124 valence electrons. The molecule has 0 fully saturated rings. The Kier molecular flexibility index (Phi) is 7.81. The Bertz CT molecular complexity index is 585. The molecule has 0 aromatic carbocycles. The molecule has 0 bridgehead atoms. The average Bonchev–Trinajstić information content (AvgIpc) is 2.52. The van der Waals surface area contributed by atoms with Crippen LogP contribution in [0.2, 0.25) is 0 Å². The summed E-state index contributed by atoms with van der Waals surface area (Å²) in [5, 5.41) is 0. The number of pyridine rings is 1. The lowest BCUT2D eigenvalue weighted by molar-refractivity contribution is 0.394. The molecule has 0 radical (unpaired) electrons. The molecule has 0 aliphatic carbocycles. The number of aromatic nitrogens is 1. The SMILES string of the molecule is C=CC(=C)CN(/C=C(/C)N=CCC)Cc1cc(N(C)C)ccn1. The van der Waals surface area contributed by atoms with E-state index in [-0.39, 0.29) is 0 Å². The first-order chi connectivity index (χ1) is 11.0. The molecule has 0 aliphatic heterocycles. The number of aliphatic imine (C=N–C) groups is 1. The topological polar surface area (TPSA) is 31.7 Å². The van der Waals surface area contributed by atoms with Crippen LogP contribution in [0.25, 0.3) is 0 Å². The molecule has 1 heterocycles. The molecule has 23 heavy (non-hydrogen) atoms. The van der Waals surface area contributed by atoms with E-state index in [0.717, 1.165) is 29.1 Å². The van der Waals surface area contributed by atoms with E-state index in [1.807, 2.05) is 45.7 Å². The summed E-state index contributed by atoms with van der Waals surface area (Å²) in [6.45, 7) is 13.3. The maximum absolute atomic E-state index is 4.47. The van der Waals surface area contributed by atoms with Gasteiger partial charge in [0.1, 0.15) is 0 Å². The molecular formula is C19H28N4. The largest absolute Gasteiger partial charge is 0.378 e. The summed E-state index contributed by atoms with van der Waals surface area (Å²) >= 11 is 0. The third kappa shape index (κ3) is 6.96. The zero-order valence-corrected chi connectivity index (χ0v) is 14.8. The van der Waals surface area contributed by atoms with Gasteiger partial charge in [0.05, 0.1) is 17.9 Å². The Morgan fingerprint density at radius 1 is 1.39 bits per heavy atom. The quantitative estimate of drug-likeness (QED) is 0.509. The highest BCUT2D eigenvalue weighted by Crippen LogP contribution is 2.14. The van der Waals surface area contributed by atoms with Gasteiger partial charge in [-0.2, -0.15) is 0 Å². The first kappa shape index (κ1) is 18.7. The van der Waals surface area contributed by atoms with E-state index in [2.05, 4.69) is 45.9 Å². The molecule has 0 saturated carbocycles. The predicted molar refractivity (Wildman–Crippen MR) is 101 cm³/mol. The van der Waals surface area contributed by atoms with Crippen molar-refractivity contribution in [1.82, 2.24) is 9.88 Å². The highest BCUT2D eigenvalue weighted by atomic mass is 15.1. The fourth-order valence-electron chi connectivity index (χ4n) is 2.04. The molecule has 0 saturated heterocycles. The van der Waals surface area contributed by atoms with Crippen LogP contribution in [0.1, 0.15) is 26.0 Å². The Morgan fingerprint density at radius 3 is 2.74 bits per heavy atom. The molecular weight excluding hydrogens is 284 g/mol. The van der Waals surface area contributed by atoms with E-state index < -0.39 is 0 Å². The van der Waals surface area contributed by atoms with Crippen molar-refractivity contribution in [1.29, 1.82) is 0 Å². The van der Waals surface area contributed by atoms with E-state index >= 15 is 0 Å². The second kappa shape index (κ2) is 9.62. The minimum atomic E-state index is 0.702. The monoisotopic (exact) mass is 312 g/mol. The Hall–Kier alpha value is -2.36. The number of hydrogen-bond donors (Lipinski definition) is 0.